The number of nitrogen functional groups attached to an aromatic ring is 1. The Kier molecular flexibility index (Phi) is 5.53. The lowest BCUT2D eigenvalue weighted by molar-refractivity contribution is -0.137. The van der Waals surface area contributed by atoms with Crippen LogP contribution in [0.4, 0.5) is 24.5 Å². The smallest absolute Gasteiger partial charge is 0.399 e. The molecule has 2 heterocycles. The zero-order valence-electron chi connectivity index (χ0n) is 16.5. The number of anilines is 2. The number of hydrogen-bond donors (Lipinski definition) is 4. The number of nitrogens with two attached hydrogens (primary N) is 2. The molecule has 1 aliphatic heterocycles. The van der Waals surface area contributed by atoms with E-state index in [9.17, 15) is 13.2 Å². The third kappa shape index (κ3) is 4.53. The van der Waals surface area contributed by atoms with Gasteiger partial charge >= 0.3 is 6.18 Å². The van der Waals surface area contributed by atoms with Gasteiger partial charge in [0.05, 0.1) is 10.6 Å². The summed E-state index contributed by atoms with van der Waals surface area (Å²) in [5.41, 5.74) is 14.3. The van der Waals surface area contributed by atoms with Crippen molar-refractivity contribution in [2.75, 3.05) is 11.1 Å². The van der Waals surface area contributed by atoms with Crippen LogP contribution >= 0.6 is 11.6 Å². The number of aliphatic imine (C=N–C) groups is 1. The molecule has 1 aliphatic rings. The Morgan fingerprint density at radius 1 is 1.00 bits per heavy atom. The van der Waals surface area contributed by atoms with Crippen LogP contribution in [0.2, 0.25) is 0 Å². The fourth-order valence-electron chi connectivity index (χ4n) is 3.11. The van der Waals surface area contributed by atoms with Gasteiger partial charge in [0.2, 0.25) is 5.79 Å². The molecule has 0 saturated carbocycles. The number of nitrogens with zero attached hydrogens (tertiary/aromatic N) is 2. The Balaban J connectivity index is 1.56. The predicted molar refractivity (Wildman–Crippen MR) is 120 cm³/mol. The van der Waals surface area contributed by atoms with Gasteiger partial charge in [-0.25, -0.2) is 4.99 Å². The van der Waals surface area contributed by atoms with Gasteiger partial charge in [0, 0.05) is 29.3 Å². The molecular formula is C22H18ClF3N6. The molecule has 0 spiro atoms. The minimum atomic E-state index is -4.47. The fraction of sp³-hybridized carbons (Fsp3) is 0.0909. The van der Waals surface area contributed by atoms with Gasteiger partial charge in [-0.2, -0.15) is 13.2 Å². The number of hydrogen-bond acceptors (Lipinski definition) is 6. The van der Waals surface area contributed by atoms with Crippen LogP contribution in [-0.2, 0) is 12.0 Å². The first-order valence-corrected chi connectivity index (χ1v) is 9.81. The van der Waals surface area contributed by atoms with E-state index in [2.05, 4.69) is 20.6 Å². The average Bonchev–Trinajstić information content (AvgIpc) is 2.77. The molecule has 1 aromatic heterocycles. The Labute approximate surface area is 186 Å². The zero-order chi connectivity index (χ0) is 22.9. The van der Waals surface area contributed by atoms with Crippen molar-refractivity contribution in [1.29, 1.82) is 0 Å². The highest BCUT2D eigenvalue weighted by molar-refractivity contribution is 6.40. The van der Waals surface area contributed by atoms with Crippen molar-refractivity contribution in [1.82, 2.24) is 10.3 Å². The molecule has 0 amide bonds. The summed E-state index contributed by atoms with van der Waals surface area (Å²) in [6.07, 6.45) is -1.50. The van der Waals surface area contributed by atoms with Crippen LogP contribution in [0.3, 0.4) is 0 Å². The first kappa shape index (κ1) is 21.7. The van der Waals surface area contributed by atoms with E-state index in [0.29, 0.717) is 11.4 Å². The van der Waals surface area contributed by atoms with E-state index in [4.69, 9.17) is 23.1 Å². The molecular weight excluding hydrogens is 441 g/mol. The largest absolute Gasteiger partial charge is 0.416 e. The van der Waals surface area contributed by atoms with E-state index in [1.165, 1.54) is 18.3 Å². The van der Waals surface area contributed by atoms with Crippen LogP contribution in [0.15, 0.2) is 82.7 Å². The Hall–Kier alpha value is -3.56. The van der Waals surface area contributed by atoms with E-state index >= 15 is 0 Å². The van der Waals surface area contributed by atoms with E-state index in [1.807, 2.05) is 18.2 Å². The number of nitrogens with one attached hydrogen (secondary N) is 2. The number of rotatable bonds is 4. The molecule has 0 bridgehead atoms. The number of allylic oxidation sites excluding steroid dienone is 1. The Morgan fingerprint density at radius 2 is 1.72 bits per heavy atom. The molecule has 6 N–H and O–H groups in total. The Morgan fingerprint density at radius 3 is 2.38 bits per heavy atom. The third-order valence-corrected chi connectivity index (χ3v) is 5.08. The fourth-order valence-corrected chi connectivity index (χ4v) is 3.25. The molecule has 0 fully saturated rings. The van der Waals surface area contributed by atoms with Crippen molar-refractivity contribution in [3.05, 3.63) is 89.0 Å². The van der Waals surface area contributed by atoms with E-state index in [0.717, 1.165) is 23.3 Å². The highest BCUT2D eigenvalue weighted by atomic mass is 35.5. The lowest BCUT2D eigenvalue weighted by Crippen LogP contribution is -2.52. The normalized spacial score (nSPS) is 18.4. The summed E-state index contributed by atoms with van der Waals surface area (Å²) < 4.78 is 39.0. The lowest BCUT2D eigenvalue weighted by atomic mass is 10.1. The summed E-state index contributed by atoms with van der Waals surface area (Å²) in [7, 11) is 0. The van der Waals surface area contributed by atoms with Crippen LogP contribution in [0.1, 0.15) is 11.3 Å². The zero-order valence-corrected chi connectivity index (χ0v) is 17.2. The molecule has 6 nitrogen and oxygen atoms in total. The summed E-state index contributed by atoms with van der Waals surface area (Å²) in [4.78, 5) is 8.64. The second kappa shape index (κ2) is 8.18. The molecule has 3 aromatic rings. The maximum atomic E-state index is 13.0. The number of halogens is 4. The van der Waals surface area contributed by atoms with Gasteiger partial charge in [0.25, 0.3) is 0 Å². The van der Waals surface area contributed by atoms with Crippen LogP contribution in [0.25, 0.3) is 11.1 Å². The molecule has 2 aromatic carbocycles. The average molecular weight is 459 g/mol. The lowest BCUT2D eigenvalue weighted by Gasteiger charge is -2.31. The maximum absolute atomic E-state index is 13.0. The van der Waals surface area contributed by atoms with Gasteiger partial charge in [0.15, 0.2) is 0 Å². The number of pyridine rings is 1. The van der Waals surface area contributed by atoms with Crippen LogP contribution in [-0.4, -0.2) is 11.2 Å². The molecule has 0 radical (unpaired) electrons. The molecule has 164 valence electrons. The predicted octanol–water partition coefficient (Wildman–Crippen LogP) is 4.61. The van der Waals surface area contributed by atoms with Crippen LogP contribution in [0, 0.1) is 0 Å². The minimum absolute atomic E-state index is 0.155. The first-order chi connectivity index (χ1) is 15.1. The van der Waals surface area contributed by atoms with Gasteiger partial charge in [-0.15, -0.1) is 0 Å². The highest BCUT2D eigenvalue weighted by Crippen LogP contribution is 2.32. The summed E-state index contributed by atoms with van der Waals surface area (Å²) in [5, 5.41) is 5.92. The van der Waals surface area contributed by atoms with Crippen LogP contribution in [0.5, 0.6) is 0 Å². The monoisotopic (exact) mass is 458 g/mol. The van der Waals surface area contributed by atoms with Gasteiger partial charge in [-0.3, -0.25) is 10.7 Å². The van der Waals surface area contributed by atoms with Crippen molar-refractivity contribution >= 4 is 29.2 Å². The summed E-state index contributed by atoms with van der Waals surface area (Å²) in [6, 6.07) is 15.6. The molecule has 0 saturated heterocycles. The summed E-state index contributed by atoms with van der Waals surface area (Å²) in [5.74, 6) is -1.27. The molecule has 0 aliphatic carbocycles. The molecule has 32 heavy (non-hydrogen) atoms. The van der Waals surface area contributed by atoms with Gasteiger partial charge in [-0.05, 0) is 42.0 Å². The van der Waals surface area contributed by atoms with Crippen molar-refractivity contribution in [2.45, 2.75) is 12.0 Å². The summed E-state index contributed by atoms with van der Waals surface area (Å²) >= 11 is 6.19. The van der Waals surface area contributed by atoms with E-state index in [-0.39, 0.29) is 16.5 Å². The number of alkyl halides is 3. The van der Waals surface area contributed by atoms with Crippen molar-refractivity contribution in [3.63, 3.8) is 0 Å². The number of aromatic nitrogens is 1. The van der Waals surface area contributed by atoms with E-state index < -0.39 is 17.5 Å². The van der Waals surface area contributed by atoms with Crippen LogP contribution < -0.4 is 22.1 Å². The Bertz CT molecular complexity index is 1190. The van der Waals surface area contributed by atoms with Crippen molar-refractivity contribution in [2.24, 2.45) is 10.7 Å². The van der Waals surface area contributed by atoms with Crippen molar-refractivity contribution in [3.8, 4) is 11.1 Å². The number of benzene rings is 2. The second-order valence-corrected chi connectivity index (χ2v) is 7.54. The third-order valence-electron chi connectivity index (χ3n) is 4.79. The van der Waals surface area contributed by atoms with Gasteiger partial charge < -0.3 is 16.4 Å². The quantitative estimate of drug-likeness (QED) is 0.428. The van der Waals surface area contributed by atoms with Gasteiger partial charge in [0.1, 0.15) is 11.5 Å². The minimum Gasteiger partial charge on any atom is -0.399 e. The molecule has 1 unspecified atom stereocenters. The molecule has 4 rings (SSSR count). The molecule has 10 heteroatoms. The first-order valence-electron chi connectivity index (χ1n) is 9.43. The van der Waals surface area contributed by atoms with Crippen molar-refractivity contribution < 1.29 is 13.2 Å². The van der Waals surface area contributed by atoms with E-state index in [1.54, 1.807) is 24.4 Å². The molecule has 1 atom stereocenters. The topological polar surface area (TPSA) is 101 Å². The standard InChI is InChI=1S/C22H18ClF3N6/c23-18-12-30-22(28,19-9-6-14(11-29-19)13-4-7-16(27)8-5-13)32-20(18)31-17-3-1-2-15(10-17)21(24,25)26/h1-12,31-32H,27-28H2. The van der Waals surface area contributed by atoms with Gasteiger partial charge in [-0.1, -0.05) is 35.9 Å². The summed E-state index contributed by atoms with van der Waals surface area (Å²) in [6.45, 7) is 0. The highest BCUT2D eigenvalue weighted by Gasteiger charge is 2.33. The maximum Gasteiger partial charge on any atom is 0.416 e. The second-order valence-electron chi connectivity index (χ2n) is 7.13. The SMILES string of the molecule is Nc1ccc(-c2ccc(C3(N)N=CC(Cl)=C(Nc4cccc(C(F)(F)F)c4)N3)nc2)cc1.